The first-order valence-corrected chi connectivity index (χ1v) is 6.88. The number of rotatable bonds is 6. The van der Waals surface area contributed by atoms with Gasteiger partial charge in [0.15, 0.2) is 0 Å². The van der Waals surface area contributed by atoms with Gasteiger partial charge < -0.3 is 15.8 Å². The highest BCUT2D eigenvalue weighted by Gasteiger charge is 2.08. The lowest BCUT2D eigenvalue weighted by atomic mass is 10.1. The van der Waals surface area contributed by atoms with Gasteiger partial charge in [-0.3, -0.25) is 9.48 Å². The van der Waals surface area contributed by atoms with Crippen molar-refractivity contribution in [2.24, 2.45) is 7.05 Å². The fourth-order valence-corrected chi connectivity index (χ4v) is 2.00. The van der Waals surface area contributed by atoms with Crippen LogP contribution in [-0.2, 0) is 13.5 Å². The molecule has 0 unspecified atom stereocenters. The molecule has 2 rings (SSSR count). The molecular weight excluding hydrogens is 268 g/mol. The topological polar surface area (TPSA) is 82.2 Å². The van der Waals surface area contributed by atoms with Crippen molar-refractivity contribution in [1.29, 1.82) is 0 Å². The minimum absolute atomic E-state index is 0.145. The molecular formula is C15H20N4O2. The number of carbonyl (C=O) groups excluding carboxylic acids is 1. The summed E-state index contributed by atoms with van der Waals surface area (Å²) in [4.78, 5) is 12.0. The van der Waals surface area contributed by atoms with Crippen LogP contribution in [0.25, 0.3) is 0 Å². The second-order valence-corrected chi connectivity index (χ2v) is 4.71. The second kappa shape index (κ2) is 6.78. The number of benzene rings is 1. The Labute approximate surface area is 123 Å². The summed E-state index contributed by atoms with van der Waals surface area (Å²) in [6.07, 6.45) is 4.47. The fourth-order valence-electron chi connectivity index (χ4n) is 2.00. The molecule has 1 heterocycles. The SMILES string of the molecule is CCOc1ccc(C(=O)NCCc2cnn(C)c2)cc1N. The highest BCUT2D eigenvalue weighted by molar-refractivity contribution is 5.95. The van der Waals surface area contributed by atoms with Crippen LogP contribution in [0, 0.1) is 0 Å². The average Bonchev–Trinajstić information content (AvgIpc) is 2.87. The van der Waals surface area contributed by atoms with E-state index in [0.717, 1.165) is 12.0 Å². The van der Waals surface area contributed by atoms with E-state index in [2.05, 4.69) is 10.4 Å². The smallest absolute Gasteiger partial charge is 0.251 e. The van der Waals surface area contributed by atoms with E-state index in [0.29, 0.717) is 30.2 Å². The Kier molecular flexibility index (Phi) is 4.81. The number of amides is 1. The summed E-state index contributed by atoms with van der Waals surface area (Å²) in [5, 5.41) is 6.95. The maximum atomic E-state index is 12.0. The summed E-state index contributed by atoms with van der Waals surface area (Å²) >= 11 is 0. The maximum absolute atomic E-state index is 12.0. The van der Waals surface area contributed by atoms with E-state index >= 15 is 0 Å². The van der Waals surface area contributed by atoms with Gasteiger partial charge in [0.05, 0.1) is 18.5 Å². The Hall–Kier alpha value is -2.50. The molecule has 0 saturated heterocycles. The molecule has 1 amide bonds. The van der Waals surface area contributed by atoms with Crippen molar-refractivity contribution in [2.75, 3.05) is 18.9 Å². The van der Waals surface area contributed by atoms with Gasteiger partial charge in [0.2, 0.25) is 0 Å². The number of hydrogen-bond donors (Lipinski definition) is 2. The summed E-state index contributed by atoms with van der Waals surface area (Å²) in [5.74, 6) is 0.457. The maximum Gasteiger partial charge on any atom is 0.251 e. The molecule has 0 aliphatic rings. The number of nitrogens with two attached hydrogens (primary N) is 1. The third-order valence-corrected chi connectivity index (χ3v) is 3.03. The van der Waals surface area contributed by atoms with Crippen molar-refractivity contribution in [1.82, 2.24) is 15.1 Å². The average molecular weight is 288 g/mol. The monoisotopic (exact) mass is 288 g/mol. The molecule has 0 atom stereocenters. The molecule has 0 radical (unpaired) electrons. The fraction of sp³-hybridized carbons (Fsp3) is 0.333. The van der Waals surface area contributed by atoms with Gasteiger partial charge in [0.25, 0.3) is 5.91 Å². The van der Waals surface area contributed by atoms with E-state index in [9.17, 15) is 4.79 Å². The number of aromatic nitrogens is 2. The summed E-state index contributed by atoms with van der Waals surface area (Å²) < 4.78 is 7.09. The van der Waals surface area contributed by atoms with Crippen LogP contribution in [0.2, 0.25) is 0 Å². The van der Waals surface area contributed by atoms with Crippen LogP contribution < -0.4 is 15.8 Å². The lowest BCUT2D eigenvalue weighted by Crippen LogP contribution is -2.25. The zero-order valence-corrected chi connectivity index (χ0v) is 12.3. The minimum Gasteiger partial charge on any atom is -0.492 e. The first kappa shape index (κ1) is 14.9. The van der Waals surface area contributed by atoms with Crippen LogP contribution in [0.5, 0.6) is 5.75 Å². The number of carbonyl (C=O) groups is 1. The molecule has 0 aliphatic heterocycles. The van der Waals surface area contributed by atoms with Crippen LogP contribution in [0.1, 0.15) is 22.8 Å². The molecule has 0 bridgehead atoms. The van der Waals surface area contributed by atoms with Crippen LogP contribution in [0.15, 0.2) is 30.6 Å². The van der Waals surface area contributed by atoms with Crippen molar-refractivity contribution in [3.05, 3.63) is 41.7 Å². The molecule has 6 heteroatoms. The number of anilines is 1. The van der Waals surface area contributed by atoms with E-state index < -0.39 is 0 Å². The quantitative estimate of drug-likeness (QED) is 0.787. The van der Waals surface area contributed by atoms with Crippen molar-refractivity contribution >= 4 is 11.6 Å². The first-order valence-electron chi connectivity index (χ1n) is 6.88. The molecule has 6 nitrogen and oxygen atoms in total. The van der Waals surface area contributed by atoms with Gasteiger partial charge in [-0.1, -0.05) is 0 Å². The molecule has 21 heavy (non-hydrogen) atoms. The molecule has 2 aromatic rings. The normalized spacial score (nSPS) is 10.4. The van der Waals surface area contributed by atoms with Crippen LogP contribution in [0.4, 0.5) is 5.69 Å². The highest BCUT2D eigenvalue weighted by Crippen LogP contribution is 2.22. The van der Waals surface area contributed by atoms with Gasteiger partial charge >= 0.3 is 0 Å². The summed E-state index contributed by atoms with van der Waals surface area (Å²) in [7, 11) is 1.87. The predicted octanol–water partition coefficient (Wildman–Crippen LogP) is 1.37. The predicted molar refractivity (Wildman–Crippen MR) is 81.3 cm³/mol. The van der Waals surface area contributed by atoms with E-state index in [-0.39, 0.29) is 5.91 Å². The van der Waals surface area contributed by atoms with Crippen LogP contribution in [0.3, 0.4) is 0 Å². The van der Waals surface area contributed by atoms with Crippen molar-refractivity contribution in [2.45, 2.75) is 13.3 Å². The Balaban J connectivity index is 1.89. The third kappa shape index (κ3) is 3.98. The van der Waals surface area contributed by atoms with Gasteiger partial charge in [-0.2, -0.15) is 5.10 Å². The van der Waals surface area contributed by atoms with Gasteiger partial charge in [0, 0.05) is 25.4 Å². The number of nitrogens with one attached hydrogen (secondary N) is 1. The Morgan fingerprint density at radius 2 is 2.29 bits per heavy atom. The Morgan fingerprint density at radius 1 is 1.48 bits per heavy atom. The number of hydrogen-bond acceptors (Lipinski definition) is 4. The van der Waals surface area contributed by atoms with E-state index in [1.54, 1.807) is 29.1 Å². The van der Waals surface area contributed by atoms with Crippen LogP contribution in [-0.4, -0.2) is 28.8 Å². The van der Waals surface area contributed by atoms with E-state index in [4.69, 9.17) is 10.5 Å². The van der Waals surface area contributed by atoms with Crippen molar-refractivity contribution in [3.63, 3.8) is 0 Å². The number of aryl methyl sites for hydroxylation is 1. The molecule has 3 N–H and O–H groups in total. The van der Waals surface area contributed by atoms with Crippen molar-refractivity contribution in [3.8, 4) is 5.75 Å². The van der Waals surface area contributed by atoms with Crippen LogP contribution >= 0.6 is 0 Å². The molecule has 112 valence electrons. The lowest BCUT2D eigenvalue weighted by molar-refractivity contribution is 0.0954. The number of nitrogen functional groups attached to an aromatic ring is 1. The molecule has 0 spiro atoms. The zero-order valence-electron chi connectivity index (χ0n) is 12.3. The molecule has 0 fully saturated rings. The Morgan fingerprint density at radius 3 is 2.90 bits per heavy atom. The highest BCUT2D eigenvalue weighted by atomic mass is 16.5. The number of nitrogens with zero attached hydrogens (tertiary/aromatic N) is 2. The number of ether oxygens (including phenoxy) is 1. The first-order chi connectivity index (χ1) is 10.1. The lowest BCUT2D eigenvalue weighted by Gasteiger charge is -2.09. The third-order valence-electron chi connectivity index (χ3n) is 3.03. The molecule has 0 aliphatic carbocycles. The molecule has 1 aromatic carbocycles. The standard InChI is InChI=1S/C15H20N4O2/c1-3-21-14-5-4-12(8-13(14)16)15(20)17-7-6-11-9-18-19(2)10-11/h4-5,8-10H,3,6-7,16H2,1-2H3,(H,17,20). The van der Waals surface area contributed by atoms with Gasteiger partial charge in [-0.05, 0) is 37.1 Å². The van der Waals surface area contributed by atoms with Gasteiger partial charge in [-0.15, -0.1) is 0 Å². The van der Waals surface area contributed by atoms with Gasteiger partial charge in [-0.25, -0.2) is 0 Å². The molecule has 1 aromatic heterocycles. The zero-order chi connectivity index (χ0) is 15.2. The molecule has 0 saturated carbocycles. The largest absolute Gasteiger partial charge is 0.492 e. The Bertz CT molecular complexity index is 622. The van der Waals surface area contributed by atoms with Gasteiger partial charge in [0.1, 0.15) is 5.75 Å². The van der Waals surface area contributed by atoms with Crippen molar-refractivity contribution < 1.29 is 9.53 Å². The van der Waals surface area contributed by atoms with E-state index in [1.165, 1.54) is 0 Å². The summed E-state index contributed by atoms with van der Waals surface area (Å²) in [5.41, 5.74) is 7.94. The van der Waals surface area contributed by atoms with E-state index in [1.807, 2.05) is 20.2 Å². The minimum atomic E-state index is -0.145. The summed E-state index contributed by atoms with van der Waals surface area (Å²) in [6, 6.07) is 5.06. The summed E-state index contributed by atoms with van der Waals surface area (Å²) in [6.45, 7) is 2.98. The second-order valence-electron chi connectivity index (χ2n) is 4.71.